The molecule has 0 fully saturated rings. The minimum absolute atomic E-state index is 0.778. The number of halogens is 12. The smallest absolute Gasteiger partial charge is 0.421 e. The summed E-state index contributed by atoms with van der Waals surface area (Å²) in [4.78, 5) is 0. The summed E-state index contributed by atoms with van der Waals surface area (Å²) in [6.07, 6.45) is 28.0. The molecule has 0 heterocycles. The van der Waals surface area contributed by atoms with Crippen LogP contribution in [-0.2, 0) is 40.1 Å². The van der Waals surface area contributed by atoms with Crippen LogP contribution in [-0.4, -0.2) is 117 Å². The van der Waals surface area contributed by atoms with Crippen LogP contribution in [0.2, 0.25) is 0 Å². The number of hydrogen-bond acceptors (Lipinski definition) is 8. The van der Waals surface area contributed by atoms with Gasteiger partial charge in [0.15, 0.2) is 40.1 Å². The van der Waals surface area contributed by atoms with Gasteiger partial charge in [0.1, 0.15) is 0 Å². The van der Waals surface area contributed by atoms with E-state index in [4.69, 9.17) is 0 Å². The lowest BCUT2D eigenvalue weighted by Crippen LogP contribution is -2.50. The van der Waals surface area contributed by atoms with Gasteiger partial charge in [-0.05, 0) is 64.2 Å². The first-order valence-electron chi connectivity index (χ1n) is 23.3. The molecule has 68 heavy (non-hydrogen) atoms. The summed E-state index contributed by atoms with van der Waals surface area (Å²) in [6.45, 7) is 30.1. The molecular formula is C40H80F12N4O8S4. The van der Waals surface area contributed by atoms with Crippen molar-refractivity contribution >= 4 is 40.1 Å². The van der Waals surface area contributed by atoms with E-state index in [2.05, 4.69) is 55.4 Å². The Bertz CT molecular complexity index is 1480. The molecule has 0 aliphatic heterocycles. The predicted molar refractivity (Wildman–Crippen MR) is 244 cm³/mol. The number of nitrogens with zero attached hydrogens (tertiary/aromatic N) is 4. The van der Waals surface area contributed by atoms with Crippen LogP contribution < -0.4 is 0 Å². The topological polar surface area (TPSA) is 165 Å². The number of unbranched alkanes of at least 4 members (excludes halogenated alkanes) is 12. The third-order valence-electron chi connectivity index (χ3n) is 10.5. The van der Waals surface area contributed by atoms with Crippen molar-refractivity contribution in [2.75, 3.05) is 52.4 Å². The molecule has 416 valence electrons. The van der Waals surface area contributed by atoms with Gasteiger partial charge >= 0.3 is 22.0 Å². The number of alkyl halides is 12. The molecule has 12 nitrogen and oxygen atoms in total. The second-order valence-corrected chi connectivity index (χ2v) is 23.4. The fourth-order valence-electron chi connectivity index (χ4n) is 6.48. The summed E-state index contributed by atoms with van der Waals surface area (Å²) in [5.74, 6) is 0. The van der Waals surface area contributed by atoms with Crippen LogP contribution in [0.5, 0.6) is 0 Å². The number of quaternary nitrogens is 2. The van der Waals surface area contributed by atoms with Gasteiger partial charge in [0.05, 0.1) is 52.4 Å². The summed E-state index contributed by atoms with van der Waals surface area (Å²) >= 11 is 0. The normalized spacial score (nSPS) is 13.5. The Morgan fingerprint density at radius 2 is 0.412 bits per heavy atom. The van der Waals surface area contributed by atoms with Gasteiger partial charge in [0, 0.05) is 0 Å². The number of rotatable bonds is 32. The highest BCUT2D eigenvalue weighted by atomic mass is 32.3. The van der Waals surface area contributed by atoms with E-state index < -0.39 is 62.1 Å². The second kappa shape index (κ2) is 35.0. The molecule has 0 aliphatic carbocycles. The maximum atomic E-state index is 11.4. The minimum atomic E-state index is -6.72. The predicted octanol–water partition coefficient (Wildman–Crippen LogP) is 13.7. The zero-order valence-corrected chi connectivity index (χ0v) is 44.3. The SMILES string of the molecule is CCCCCC[N+](CCCC)(CCCC)CCCC.CCCCCC[N+](CCCC)(CCCC)CCCC.O=S(=O)([N-]S(=O)(=O)C(F)(F)F)C(F)(F)F.O=S(=O)([N-]S(=O)(=O)C(F)(F)F)C(F)(F)F. The highest BCUT2D eigenvalue weighted by molar-refractivity contribution is 8.13. The molecule has 0 amide bonds. The van der Waals surface area contributed by atoms with E-state index >= 15 is 0 Å². The average Bonchev–Trinajstić information content (AvgIpc) is 3.20. The van der Waals surface area contributed by atoms with Crippen molar-refractivity contribution in [3.63, 3.8) is 0 Å². The van der Waals surface area contributed by atoms with Crippen molar-refractivity contribution in [3.8, 4) is 0 Å². The summed E-state index contributed by atoms with van der Waals surface area (Å²) in [6, 6.07) is 0. The lowest BCUT2D eigenvalue weighted by atomic mass is 10.1. The highest BCUT2D eigenvalue weighted by Gasteiger charge is 2.48. The van der Waals surface area contributed by atoms with Crippen molar-refractivity contribution in [2.24, 2.45) is 0 Å². The third-order valence-corrected chi connectivity index (χ3v) is 15.9. The molecule has 0 aromatic carbocycles. The van der Waals surface area contributed by atoms with Crippen molar-refractivity contribution in [2.45, 2.75) is 206 Å². The zero-order chi connectivity index (χ0) is 54.2. The Morgan fingerprint density at radius 3 is 0.544 bits per heavy atom. The summed E-state index contributed by atoms with van der Waals surface area (Å²) in [5, 5.41) is 0. The van der Waals surface area contributed by atoms with Crippen molar-refractivity contribution in [1.29, 1.82) is 0 Å². The van der Waals surface area contributed by atoms with Crippen molar-refractivity contribution < 1.29 is 95.3 Å². The van der Waals surface area contributed by atoms with Gasteiger partial charge in [-0.3, -0.25) is 0 Å². The molecule has 0 aromatic heterocycles. The highest BCUT2D eigenvalue weighted by Crippen LogP contribution is 2.37. The lowest BCUT2D eigenvalue weighted by molar-refractivity contribution is -0.929. The molecule has 28 heteroatoms. The van der Waals surface area contributed by atoms with Crippen LogP contribution in [0.4, 0.5) is 52.7 Å². The van der Waals surface area contributed by atoms with Gasteiger partial charge in [-0.2, -0.15) is 52.7 Å². The minimum Gasteiger partial charge on any atom is -0.421 e. The monoisotopic (exact) mass is 1100 g/mol. The third kappa shape index (κ3) is 32.0. The molecule has 0 bridgehead atoms. The van der Waals surface area contributed by atoms with E-state index in [1.54, 1.807) is 0 Å². The van der Waals surface area contributed by atoms with Crippen molar-refractivity contribution in [3.05, 3.63) is 8.25 Å². The fourth-order valence-corrected chi connectivity index (χ4v) is 9.90. The number of hydrogen-bond donors (Lipinski definition) is 0. The van der Waals surface area contributed by atoms with E-state index in [0.29, 0.717) is 0 Å². The molecule has 0 rings (SSSR count). The van der Waals surface area contributed by atoms with Crippen LogP contribution in [0.25, 0.3) is 8.25 Å². The first-order chi connectivity index (χ1) is 30.9. The summed E-state index contributed by atoms with van der Waals surface area (Å²) < 4.78 is 221. The van der Waals surface area contributed by atoms with Gasteiger partial charge in [0.25, 0.3) is 0 Å². The van der Waals surface area contributed by atoms with Crippen molar-refractivity contribution in [1.82, 2.24) is 0 Å². The fraction of sp³-hybridized carbons (Fsp3) is 1.00. The maximum absolute atomic E-state index is 11.4. The Labute approximate surface area is 400 Å². The van der Waals surface area contributed by atoms with E-state index in [9.17, 15) is 86.4 Å². The van der Waals surface area contributed by atoms with Crippen LogP contribution in [0.3, 0.4) is 0 Å². The first-order valence-corrected chi connectivity index (χ1v) is 29.1. The van der Waals surface area contributed by atoms with Gasteiger partial charge < -0.3 is 17.2 Å². The first kappa shape index (κ1) is 73.3. The van der Waals surface area contributed by atoms with E-state index in [1.165, 1.54) is 190 Å². The molecule has 0 spiro atoms. The second-order valence-electron chi connectivity index (χ2n) is 16.5. The molecular weight excluding hydrogens is 1020 g/mol. The average molecular weight is 1100 g/mol. The number of sulfonamides is 4. The van der Waals surface area contributed by atoms with Crippen LogP contribution in [0.15, 0.2) is 0 Å². The Balaban J connectivity index is -0.000000404. The molecule has 0 aromatic rings. The Hall–Kier alpha value is -1.20. The molecule has 0 saturated heterocycles. The zero-order valence-electron chi connectivity index (χ0n) is 41.0. The molecule has 0 atom stereocenters. The largest absolute Gasteiger partial charge is 0.480 e. The van der Waals surface area contributed by atoms with E-state index in [1.807, 2.05) is 0 Å². The van der Waals surface area contributed by atoms with Gasteiger partial charge in [-0.1, -0.05) is 120 Å². The summed E-state index contributed by atoms with van der Waals surface area (Å²) in [7, 11) is -26.9. The Morgan fingerprint density at radius 1 is 0.265 bits per heavy atom. The van der Waals surface area contributed by atoms with Gasteiger partial charge in [-0.15, -0.1) is 0 Å². The molecule has 0 N–H and O–H groups in total. The van der Waals surface area contributed by atoms with Gasteiger partial charge in [-0.25, -0.2) is 33.7 Å². The molecule has 0 saturated carbocycles. The molecule has 0 unspecified atom stereocenters. The Kier molecular flexibility index (Phi) is 37.8. The van der Waals surface area contributed by atoms with Crippen LogP contribution >= 0.6 is 0 Å². The van der Waals surface area contributed by atoms with Gasteiger partial charge in [0.2, 0.25) is 0 Å². The quantitative estimate of drug-likeness (QED) is 0.0365. The lowest BCUT2D eigenvalue weighted by Gasteiger charge is -2.39. The standard InChI is InChI=1S/2C18H40N.2C2F6NO4S2/c2*1-5-9-13-14-18-19(15-10-6-2,16-11-7-3)17-12-8-4;2*3-1(4,5)14(10,11)9-15(12,13)2(6,7)8/h2*5-18H2,1-4H3;;/q2*+1;2*-1. The maximum Gasteiger partial charge on any atom is 0.480 e. The van der Waals surface area contributed by atoms with Crippen LogP contribution in [0.1, 0.15) is 184 Å². The molecule has 0 radical (unpaired) electrons. The molecule has 0 aliphatic rings. The van der Waals surface area contributed by atoms with E-state index in [-0.39, 0.29) is 0 Å². The van der Waals surface area contributed by atoms with Crippen LogP contribution in [0, 0.1) is 0 Å². The van der Waals surface area contributed by atoms with E-state index in [0.717, 1.165) is 8.25 Å². The summed E-state index contributed by atoms with van der Waals surface area (Å²) in [5.41, 5.74) is -24.8.